The summed E-state index contributed by atoms with van der Waals surface area (Å²) in [4.78, 5) is -0.475. The standard InChI is InChI=1S/C72H54O16S4/c73-57-19-31-63(32-20-57)89(75,76)61-27-13-48(14-28-61)50-17-39-70-68(41-50)84-45-53-8-2-1-7-52(53)43-83-44-56-11-5-6-12-67(56)72(87-59-23-35-65(36-24-59)91(70,79)80)86-47-55-10-4-3-9-54(55)46-85-69-42-51(18-40-71(69)92(81,82)66-37-25-60(88-72)26-38-66)49-15-29-62(30-16-49)90(77,78)64-33-21-58(74)22-34-64/h1-42,73-74H,43-47H2. The zero-order valence-electron chi connectivity index (χ0n) is 48.5. The molecular weight excluding hydrogens is 1250 g/mol. The minimum atomic E-state index is -4.38. The van der Waals surface area contributed by atoms with Crippen LogP contribution in [0.5, 0.6) is 34.5 Å². The first-order valence-corrected chi connectivity index (χ1v) is 34.6. The van der Waals surface area contributed by atoms with Crippen molar-refractivity contribution in [1.82, 2.24) is 0 Å². The van der Waals surface area contributed by atoms with Crippen LogP contribution in [-0.2, 0) is 87.8 Å². The fourth-order valence-electron chi connectivity index (χ4n) is 10.8. The summed E-state index contributed by atoms with van der Waals surface area (Å²) in [5, 5.41) is 19.5. The van der Waals surface area contributed by atoms with Crippen LogP contribution in [0.3, 0.4) is 0 Å². The number of aromatic hydroxyl groups is 2. The molecule has 0 saturated heterocycles. The summed E-state index contributed by atoms with van der Waals surface area (Å²) in [7, 11) is -16.6. The SMILES string of the molecule is O=S(=O)(c1ccc(O)cc1)c1ccc(-c2ccc3c(c2)OCc2ccccc2COCc2ccccc2C2(OCc4ccccc4COc4cc(-c5ccc(S(=O)(=O)c6ccc(O)cc6)cc5)ccc4S(=O)(=O)c4ccc(cc4)O2)Oc2ccc(cc2)S3(=O)=O)cc1. The monoisotopic (exact) mass is 1300 g/mol. The number of phenolic OH excluding ortho intramolecular Hbond substituents is 2. The summed E-state index contributed by atoms with van der Waals surface area (Å²) in [6.45, 7) is -0.355. The number of fused-ring (bicyclic) bond motifs is 9. The molecule has 4 heterocycles. The Hall–Kier alpha value is -10.1. The maximum Gasteiger partial charge on any atom is 0.402 e. The molecule has 462 valence electrons. The van der Waals surface area contributed by atoms with Gasteiger partial charge in [-0.2, -0.15) is 0 Å². The van der Waals surface area contributed by atoms with Crippen LogP contribution >= 0.6 is 0 Å². The third-order valence-corrected chi connectivity index (χ3v) is 23.0. The lowest BCUT2D eigenvalue weighted by atomic mass is 10.0. The molecule has 4 bridgehead atoms. The van der Waals surface area contributed by atoms with E-state index in [9.17, 15) is 35.5 Å². The molecule has 11 aromatic rings. The van der Waals surface area contributed by atoms with Gasteiger partial charge in [-0.25, -0.2) is 33.7 Å². The van der Waals surface area contributed by atoms with Crippen molar-refractivity contribution in [3.05, 3.63) is 288 Å². The van der Waals surface area contributed by atoms with Crippen LogP contribution in [0.4, 0.5) is 0 Å². The van der Waals surface area contributed by atoms with E-state index in [0.29, 0.717) is 50.1 Å². The van der Waals surface area contributed by atoms with Gasteiger partial charge in [0.25, 0.3) is 0 Å². The molecule has 1 unspecified atom stereocenters. The van der Waals surface area contributed by atoms with Crippen molar-refractivity contribution in [2.24, 2.45) is 0 Å². The molecule has 1 spiro atoms. The molecule has 92 heavy (non-hydrogen) atoms. The maximum absolute atomic E-state index is 15.0. The van der Waals surface area contributed by atoms with Crippen LogP contribution in [0.15, 0.2) is 294 Å². The van der Waals surface area contributed by atoms with E-state index in [4.69, 9.17) is 28.4 Å². The van der Waals surface area contributed by atoms with E-state index in [1.165, 1.54) is 133 Å². The number of hydrogen-bond acceptors (Lipinski definition) is 16. The third-order valence-electron chi connectivity index (χ3n) is 15.8. The van der Waals surface area contributed by atoms with Crippen molar-refractivity contribution in [2.45, 2.75) is 78.2 Å². The molecule has 0 saturated carbocycles. The number of ether oxygens (including phenoxy) is 6. The Bertz CT molecular complexity index is 5070. The summed E-state index contributed by atoms with van der Waals surface area (Å²) in [5.41, 5.74) is 5.78. The number of rotatable bonds is 6. The van der Waals surface area contributed by atoms with Gasteiger partial charge in [-0.1, -0.05) is 103 Å². The van der Waals surface area contributed by atoms with Crippen LogP contribution in [0, 0.1) is 0 Å². The van der Waals surface area contributed by atoms with Crippen molar-refractivity contribution in [3.8, 4) is 56.8 Å². The molecule has 4 aliphatic rings. The predicted molar refractivity (Wildman–Crippen MR) is 339 cm³/mol. The van der Waals surface area contributed by atoms with Crippen molar-refractivity contribution in [1.29, 1.82) is 0 Å². The largest absolute Gasteiger partial charge is 0.508 e. The fraction of sp³-hybridized carbons (Fsp3) is 0.0833. The minimum Gasteiger partial charge on any atom is -0.508 e. The van der Waals surface area contributed by atoms with Crippen molar-refractivity contribution < 1.29 is 72.3 Å². The summed E-state index contributed by atoms with van der Waals surface area (Å²) < 4.78 is 154. The van der Waals surface area contributed by atoms with Crippen LogP contribution < -0.4 is 18.9 Å². The van der Waals surface area contributed by atoms with E-state index < -0.39 is 45.3 Å². The van der Waals surface area contributed by atoms with Gasteiger partial charge < -0.3 is 33.9 Å². The summed E-state index contributed by atoms with van der Waals surface area (Å²) >= 11 is 0. The Morgan fingerprint density at radius 2 is 0.685 bits per heavy atom. The highest BCUT2D eigenvalue weighted by molar-refractivity contribution is 7.92. The number of hydrogen-bond donors (Lipinski definition) is 2. The zero-order valence-corrected chi connectivity index (χ0v) is 51.8. The van der Waals surface area contributed by atoms with Gasteiger partial charge in [-0.05, 0) is 202 Å². The number of phenols is 2. The smallest absolute Gasteiger partial charge is 0.402 e. The number of sulfone groups is 4. The van der Waals surface area contributed by atoms with Gasteiger partial charge in [-0.15, -0.1) is 0 Å². The maximum atomic E-state index is 15.0. The van der Waals surface area contributed by atoms with Crippen LogP contribution in [0.25, 0.3) is 22.3 Å². The quantitative estimate of drug-likeness (QED) is 0.158. The zero-order chi connectivity index (χ0) is 63.8. The molecule has 1 atom stereocenters. The lowest BCUT2D eigenvalue weighted by Crippen LogP contribution is -2.43. The minimum absolute atomic E-state index is 0.00183. The Labute approximate surface area is 531 Å². The average molecular weight is 1300 g/mol. The van der Waals surface area contributed by atoms with Gasteiger partial charge >= 0.3 is 5.97 Å². The molecule has 2 N–H and O–H groups in total. The Kier molecular flexibility index (Phi) is 16.3. The molecule has 4 aliphatic heterocycles. The number of benzene rings is 11. The van der Waals surface area contributed by atoms with E-state index in [-0.39, 0.29) is 107 Å². The van der Waals surface area contributed by atoms with E-state index in [1.54, 1.807) is 66.7 Å². The molecule has 20 heteroatoms. The molecule has 0 aromatic heterocycles. The van der Waals surface area contributed by atoms with Gasteiger partial charge in [0.05, 0.1) is 54.8 Å². The average Bonchev–Trinajstić information content (AvgIpc) is 1.02. The van der Waals surface area contributed by atoms with E-state index in [0.717, 1.165) is 5.56 Å². The summed E-state index contributed by atoms with van der Waals surface area (Å²) in [6, 6.07) is 65.4. The second-order valence-electron chi connectivity index (χ2n) is 21.6. The first-order valence-electron chi connectivity index (χ1n) is 28.7. The van der Waals surface area contributed by atoms with Crippen LogP contribution in [0.2, 0.25) is 0 Å². The van der Waals surface area contributed by atoms with E-state index >= 15 is 8.42 Å². The van der Waals surface area contributed by atoms with Crippen LogP contribution in [0.1, 0.15) is 33.4 Å². The highest BCUT2D eigenvalue weighted by Crippen LogP contribution is 2.42. The highest BCUT2D eigenvalue weighted by atomic mass is 32.2. The second-order valence-corrected chi connectivity index (χ2v) is 29.4. The molecule has 15 rings (SSSR count). The molecule has 0 amide bonds. The second kappa shape index (κ2) is 24.6. The van der Waals surface area contributed by atoms with Gasteiger partial charge in [-0.3, -0.25) is 4.74 Å². The first-order chi connectivity index (χ1) is 44.3. The Balaban J connectivity index is 0.863. The van der Waals surface area contributed by atoms with Crippen LogP contribution in [-0.4, -0.2) is 43.9 Å². The molecule has 0 radical (unpaired) electrons. The highest BCUT2D eigenvalue weighted by Gasteiger charge is 2.43. The molecule has 0 aliphatic carbocycles. The van der Waals surface area contributed by atoms with E-state index in [2.05, 4.69) is 0 Å². The van der Waals surface area contributed by atoms with E-state index in [1.807, 2.05) is 54.6 Å². The van der Waals surface area contributed by atoms with Crippen molar-refractivity contribution in [3.63, 3.8) is 0 Å². The molecule has 16 nitrogen and oxygen atoms in total. The van der Waals surface area contributed by atoms with Gasteiger partial charge in [0, 0.05) is 0 Å². The first kappa shape index (κ1) is 60.8. The Morgan fingerprint density at radius 1 is 0.348 bits per heavy atom. The molecular formula is C72H54O16S4. The summed E-state index contributed by atoms with van der Waals surface area (Å²) in [6.07, 6.45) is 0. The topological polar surface area (TPSA) is 232 Å². The van der Waals surface area contributed by atoms with Crippen molar-refractivity contribution >= 4 is 39.3 Å². The fourth-order valence-corrected chi connectivity index (χ4v) is 16.1. The normalized spacial score (nSPS) is 16.3. The lowest BCUT2D eigenvalue weighted by Gasteiger charge is -2.35. The van der Waals surface area contributed by atoms with Crippen molar-refractivity contribution in [2.75, 3.05) is 0 Å². The van der Waals surface area contributed by atoms with Gasteiger partial charge in [0.15, 0.2) is 0 Å². The molecule has 0 fully saturated rings. The molecule has 11 aromatic carbocycles. The van der Waals surface area contributed by atoms with Gasteiger partial charge in [0.1, 0.15) is 57.5 Å². The van der Waals surface area contributed by atoms with Gasteiger partial charge in [0.2, 0.25) is 39.3 Å². The summed E-state index contributed by atoms with van der Waals surface area (Å²) in [5.74, 6) is -2.11. The third kappa shape index (κ3) is 12.1. The Morgan fingerprint density at radius 3 is 1.10 bits per heavy atom. The lowest BCUT2D eigenvalue weighted by molar-refractivity contribution is -0.320. The predicted octanol–water partition coefficient (Wildman–Crippen LogP) is 13.7.